The van der Waals surface area contributed by atoms with Crippen molar-refractivity contribution < 1.29 is 13.2 Å². The van der Waals surface area contributed by atoms with Crippen molar-refractivity contribution >= 4 is 33.3 Å². The number of carbonyl (C=O) groups excluding carboxylic acids is 1. The van der Waals surface area contributed by atoms with Crippen LogP contribution in [-0.4, -0.2) is 20.3 Å². The highest BCUT2D eigenvalue weighted by Gasteiger charge is 2.09. The standard InChI is InChI=1S/C14H15N5O3S/c15-13(16)9-3-1-4-10(7-9)18-14(20)19-11-5-2-6-12(8-11)23(17,21)22/h1-8H,(H3,15,16)(H2,17,21,22)(H2,18,19,20). The van der Waals surface area contributed by atoms with Gasteiger partial charge in [-0.2, -0.15) is 0 Å². The van der Waals surface area contributed by atoms with Crippen molar-refractivity contribution in [3.8, 4) is 0 Å². The largest absolute Gasteiger partial charge is 0.384 e. The Balaban J connectivity index is 2.11. The van der Waals surface area contributed by atoms with Gasteiger partial charge in [-0.3, -0.25) is 5.41 Å². The minimum atomic E-state index is -3.84. The van der Waals surface area contributed by atoms with E-state index in [1.165, 1.54) is 24.3 Å². The van der Waals surface area contributed by atoms with Crippen molar-refractivity contribution in [3.05, 3.63) is 54.1 Å². The van der Waals surface area contributed by atoms with E-state index in [1.807, 2.05) is 0 Å². The maximum atomic E-state index is 11.9. The number of sulfonamides is 1. The van der Waals surface area contributed by atoms with E-state index in [1.54, 1.807) is 24.3 Å². The molecule has 23 heavy (non-hydrogen) atoms. The number of anilines is 2. The fourth-order valence-electron chi connectivity index (χ4n) is 1.81. The van der Waals surface area contributed by atoms with Crippen molar-refractivity contribution in [1.29, 1.82) is 5.41 Å². The summed E-state index contributed by atoms with van der Waals surface area (Å²) in [6.45, 7) is 0. The van der Waals surface area contributed by atoms with Gasteiger partial charge >= 0.3 is 6.03 Å². The van der Waals surface area contributed by atoms with Gasteiger partial charge in [-0.25, -0.2) is 18.4 Å². The lowest BCUT2D eigenvalue weighted by molar-refractivity contribution is 0.262. The van der Waals surface area contributed by atoms with Gasteiger partial charge in [-0.15, -0.1) is 0 Å². The molecule has 0 saturated heterocycles. The predicted molar refractivity (Wildman–Crippen MR) is 87.9 cm³/mol. The Hall–Kier alpha value is -2.91. The Morgan fingerprint density at radius 1 is 1.00 bits per heavy atom. The van der Waals surface area contributed by atoms with E-state index in [2.05, 4.69) is 10.6 Å². The maximum absolute atomic E-state index is 11.9. The molecule has 2 aromatic carbocycles. The first-order valence-corrected chi connectivity index (χ1v) is 7.96. The minimum absolute atomic E-state index is 0.103. The van der Waals surface area contributed by atoms with Crippen LogP contribution in [0.5, 0.6) is 0 Å². The molecular formula is C14H15N5O3S. The molecule has 2 aromatic rings. The van der Waals surface area contributed by atoms with Gasteiger partial charge in [-0.05, 0) is 30.3 Å². The number of nitrogens with one attached hydrogen (secondary N) is 3. The van der Waals surface area contributed by atoms with E-state index < -0.39 is 16.1 Å². The predicted octanol–water partition coefficient (Wildman–Crippen LogP) is 1.26. The third kappa shape index (κ3) is 4.53. The molecule has 9 heteroatoms. The molecule has 0 aliphatic carbocycles. The minimum Gasteiger partial charge on any atom is -0.384 e. The Kier molecular flexibility index (Phi) is 4.63. The molecular weight excluding hydrogens is 318 g/mol. The molecule has 0 atom stereocenters. The van der Waals surface area contributed by atoms with E-state index >= 15 is 0 Å². The van der Waals surface area contributed by atoms with E-state index in [-0.39, 0.29) is 16.4 Å². The van der Waals surface area contributed by atoms with E-state index in [4.69, 9.17) is 16.3 Å². The first-order valence-electron chi connectivity index (χ1n) is 6.41. The van der Waals surface area contributed by atoms with Crippen LogP contribution in [0.3, 0.4) is 0 Å². The lowest BCUT2D eigenvalue weighted by Crippen LogP contribution is -2.20. The molecule has 7 N–H and O–H groups in total. The van der Waals surface area contributed by atoms with E-state index in [0.717, 1.165) is 0 Å². The van der Waals surface area contributed by atoms with Gasteiger partial charge in [0.05, 0.1) is 4.90 Å². The monoisotopic (exact) mass is 333 g/mol. The molecule has 0 heterocycles. The van der Waals surface area contributed by atoms with Crippen molar-refractivity contribution in [2.45, 2.75) is 4.90 Å². The van der Waals surface area contributed by atoms with Gasteiger partial charge < -0.3 is 16.4 Å². The van der Waals surface area contributed by atoms with E-state index in [0.29, 0.717) is 11.3 Å². The highest BCUT2D eigenvalue weighted by molar-refractivity contribution is 7.89. The molecule has 0 unspecified atom stereocenters. The zero-order chi connectivity index (χ0) is 17.0. The highest BCUT2D eigenvalue weighted by Crippen LogP contribution is 2.15. The van der Waals surface area contributed by atoms with Gasteiger partial charge in [0.1, 0.15) is 5.84 Å². The number of benzene rings is 2. The number of nitrogen functional groups attached to an aromatic ring is 1. The fraction of sp³-hybridized carbons (Fsp3) is 0. The summed E-state index contributed by atoms with van der Waals surface area (Å²) in [7, 11) is -3.84. The summed E-state index contributed by atoms with van der Waals surface area (Å²) < 4.78 is 22.6. The van der Waals surface area contributed by atoms with Crippen LogP contribution >= 0.6 is 0 Å². The van der Waals surface area contributed by atoms with Crippen LogP contribution in [0.15, 0.2) is 53.4 Å². The van der Waals surface area contributed by atoms with Crippen molar-refractivity contribution in [3.63, 3.8) is 0 Å². The van der Waals surface area contributed by atoms with Gasteiger partial charge in [-0.1, -0.05) is 18.2 Å². The molecule has 0 aromatic heterocycles. The topological polar surface area (TPSA) is 151 Å². The number of primary sulfonamides is 1. The molecule has 0 bridgehead atoms. The summed E-state index contributed by atoms with van der Waals surface area (Å²) >= 11 is 0. The van der Waals surface area contributed by atoms with Crippen molar-refractivity contribution in [1.82, 2.24) is 0 Å². The van der Waals surface area contributed by atoms with Crippen molar-refractivity contribution in [2.75, 3.05) is 10.6 Å². The fourth-order valence-corrected chi connectivity index (χ4v) is 2.37. The first kappa shape index (κ1) is 16.5. The number of urea groups is 1. The Morgan fingerprint density at radius 2 is 1.57 bits per heavy atom. The summed E-state index contributed by atoms with van der Waals surface area (Å²) in [5.41, 5.74) is 6.57. The molecule has 2 rings (SSSR count). The summed E-state index contributed by atoms with van der Waals surface area (Å²) in [6.07, 6.45) is 0. The third-order valence-electron chi connectivity index (χ3n) is 2.85. The number of rotatable bonds is 4. The normalized spacial score (nSPS) is 10.8. The number of hydrogen-bond donors (Lipinski definition) is 5. The second-order valence-electron chi connectivity index (χ2n) is 4.65. The molecule has 0 spiro atoms. The molecule has 120 valence electrons. The smallest absolute Gasteiger partial charge is 0.323 e. The van der Waals surface area contributed by atoms with Gasteiger partial charge in [0.25, 0.3) is 0 Å². The lowest BCUT2D eigenvalue weighted by atomic mass is 10.2. The Morgan fingerprint density at radius 3 is 2.13 bits per heavy atom. The second kappa shape index (κ2) is 6.46. The summed E-state index contributed by atoms with van der Waals surface area (Å²) in [5.74, 6) is -0.116. The molecule has 0 aliphatic rings. The molecule has 0 fully saturated rings. The third-order valence-corrected chi connectivity index (χ3v) is 3.76. The van der Waals surface area contributed by atoms with Crippen LogP contribution in [0.1, 0.15) is 5.56 Å². The molecule has 0 saturated carbocycles. The molecule has 2 amide bonds. The SMILES string of the molecule is N=C(N)c1cccc(NC(=O)Nc2cccc(S(N)(=O)=O)c2)c1. The quantitative estimate of drug-likeness (QED) is 0.422. The molecule has 0 radical (unpaired) electrons. The molecule has 8 nitrogen and oxygen atoms in total. The zero-order valence-corrected chi connectivity index (χ0v) is 12.7. The van der Waals surface area contributed by atoms with E-state index in [9.17, 15) is 13.2 Å². The maximum Gasteiger partial charge on any atom is 0.323 e. The average molecular weight is 333 g/mol. The van der Waals surface area contributed by atoms with Gasteiger partial charge in [0.15, 0.2) is 0 Å². The zero-order valence-electron chi connectivity index (χ0n) is 11.9. The average Bonchev–Trinajstić information content (AvgIpc) is 2.46. The number of amidine groups is 1. The highest BCUT2D eigenvalue weighted by atomic mass is 32.2. The van der Waals surface area contributed by atoms with Gasteiger partial charge in [0.2, 0.25) is 10.0 Å². The van der Waals surface area contributed by atoms with Crippen LogP contribution in [0.25, 0.3) is 0 Å². The second-order valence-corrected chi connectivity index (χ2v) is 6.21. The number of amides is 2. The van der Waals surface area contributed by atoms with Crippen LogP contribution in [0.2, 0.25) is 0 Å². The summed E-state index contributed by atoms with van der Waals surface area (Å²) in [4.78, 5) is 11.8. The number of nitrogens with two attached hydrogens (primary N) is 2. The summed E-state index contributed by atoms with van der Waals surface area (Å²) in [6, 6.07) is 11.5. The van der Waals surface area contributed by atoms with Crippen LogP contribution in [0.4, 0.5) is 16.2 Å². The number of hydrogen-bond acceptors (Lipinski definition) is 4. The van der Waals surface area contributed by atoms with Crippen LogP contribution in [-0.2, 0) is 10.0 Å². The lowest BCUT2D eigenvalue weighted by Gasteiger charge is -2.09. The van der Waals surface area contributed by atoms with Gasteiger partial charge in [0, 0.05) is 16.9 Å². The Bertz CT molecular complexity index is 864. The molecule has 0 aliphatic heterocycles. The van der Waals surface area contributed by atoms with Crippen molar-refractivity contribution in [2.24, 2.45) is 10.9 Å². The van der Waals surface area contributed by atoms with Crippen LogP contribution < -0.4 is 21.5 Å². The Labute approximate surface area is 133 Å². The first-order chi connectivity index (χ1) is 10.8. The van der Waals surface area contributed by atoms with Crippen LogP contribution in [0, 0.1) is 5.41 Å². The summed E-state index contributed by atoms with van der Waals surface area (Å²) in [5, 5.41) is 17.5. The number of carbonyl (C=O) groups is 1.